The second-order valence-electron chi connectivity index (χ2n) is 6.51. The van der Waals surface area contributed by atoms with Crippen molar-refractivity contribution in [2.75, 3.05) is 7.11 Å². The number of carbonyl (C=O) groups is 1. The highest BCUT2D eigenvalue weighted by Gasteiger charge is 2.08. The largest absolute Gasteiger partial charge is 0.497 e. The molecule has 0 aliphatic carbocycles. The number of rotatable bonds is 7. The number of aryl methyl sites for hydroxylation is 1. The molecule has 0 saturated carbocycles. The quantitative estimate of drug-likeness (QED) is 0.639. The zero-order chi connectivity index (χ0) is 20.1. The minimum Gasteiger partial charge on any atom is -0.497 e. The van der Waals surface area contributed by atoms with Crippen molar-refractivity contribution in [1.82, 2.24) is 5.32 Å². The van der Waals surface area contributed by atoms with Crippen molar-refractivity contribution in [2.24, 2.45) is 5.14 Å². The van der Waals surface area contributed by atoms with Crippen molar-refractivity contribution < 1.29 is 17.9 Å². The Balaban J connectivity index is 1.53. The summed E-state index contributed by atoms with van der Waals surface area (Å²) in [4.78, 5) is 12.2. The first kappa shape index (κ1) is 19.9. The van der Waals surface area contributed by atoms with E-state index in [1.165, 1.54) is 12.1 Å². The molecule has 1 amide bonds. The van der Waals surface area contributed by atoms with Gasteiger partial charge in [-0.2, -0.15) is 0 Å². The van der Waals surface area contributed by atoms with E-state index >= 15 is 0 Å². The molecule has 3 aromatic carbocycles. The van der Waals surface area contributed by atoms with Gasteiger partial charge in [0.25, 0.3) is 0 Å². The van der Waals surface area contributed by atoms with Crippen LogP contribution in [0.3, 0.4) is 0 Å². The predicted molar refractivity (Wildman–Crippen MR) is 108 cm³/mol. The molecule has 0 heterocycles. The Morgan fingerprint density at radius 3 is 2.29 bits per heavy atom. The molecule has 0 spiro atoms. The number of amides is 1. The van der Waals surface area contributed by atoms with Gasteiger partial charge in [0, 0.05) is 13.0 Å². The lowest BCUT2D eigenvalue weighted by Crippen LogP contribution is -2.23. The highest BCUT2D eigenvalue weighted by molar-refractivity contribution is 7.89. The number of ether oxygens (including phenoxy) is 1. The SMILES string of the molecule is COc1ccc2cc(CNC(=O)CCc3ccc(S(N)(=O)=O)cc3)ccc2c1. The van der Waals surface area contributed by atoms with Gasteiger partial charge in [-0.05, 0) is 58.7 Å². The number of hydrogen-bond donors (Lipinski definition) is 2. The third-order valence-electron chi connectivity index (χ3n) is 4.49. The fourth-order valence-electron chi connectivity index (χ4n) is 2.90. The Hall–Kier alpha value is -2.90. The van der Waals surface area contributed by atoms with E-state index in [0.717, 1.165) is 27.6 Å². The molecule has 0 saturated heterocycles. The Labute approximate surface area is 164 Å². The van der Waals surface area contributed by atoms with Gasteiger partial charge in [0.05, 0.1) is 12.0 Å². The Morgan fingerprint density at radius 1 is 0.964 bits per heavy atom. The topological polar surface area (TPSA) is 98.5 Å². The molecule has 0 aromatic heterocycles. The summed E-state index contributed by atoms with van der Waals surface area (Å²) in [5, 5.41) is 10.2. The fourth-order valence-corrected chi connectivity index (χ4v) is 3.42. The molecule has 0 unspecified atom stereocenters. The van der Waals surface area contributed by atoms with Crippen LogP contribution >= 0.6 is 0 Å². The molecule has 7 heteroatoms. The number of carbonyl (C=O) groups excluding carboxylic acids is 1. The number of methoxy groups -OCH3 is 1. The van der Waals surface area contributed by atoms with Crippen LogP contribution in [0.15, 0.2) is 65.6 Å². The summed E-state index contributed by atoms with van der Waals surface area (Å²) in [6.45, 7) is 0.450. The van der Waals surface area contributed by atoms with Crippen LogP contribution in [0.2, 0.25) is 0 Å². The first-order valence-corrected chi connectivity index (χ1v) is 10.3. The van der Waals surface area contributed by atoms with Crippen molar-refractivity contribution in [1.29, 1.82) is 0 Å². The summed E-state index contributed by atoms with van der Waals surface area (Å²) < 4.78 is 27.7. The lowest BCUT2D eigenvalue weighted by atomic mass is 10.1. The molecule has 3 rings (SSSR count). The fraction of sp³-hybridized carbons (Fsp3) is 0.190. The molecule has 0 fully saturated rings. The van der Waals surface area contributed by atoms with Crippen LogP contribution < -0.4 is 15.2 Å². The van der Waals surface area contributed by atoms with Crippen LogP contribution in [0.1, 0.15) is 17.5 Å². The van der Waals surface area contributed by atoms with Crippen LogP contribution in [0.5, 0.6) is 5.75 Å². The summed E-state index contributed by atoms with van der Waals surface area (Å²) in [6, 6.07) is 18.1. The van der Waals surface area contributed by atoms with Gasteiger partial charge in [-0.15, -0.1) is 0 Å². The van der Waals surface area contributed by atoms with E-state index in [9.17, 15) is 13.2 Å². The number of hydrogen-bond acceptors (Lipinski definition) is 4. The highest BCUT2D eigenvalue weighted by Crippen LogP contribution is 2.21. The molecule has 146 valence electrons. The number of nitrogens with two attached hydrogens (primary N) is 1. The van der Waals surface area contributed by atoms with Gasteiger partial charge in [0.1, 0.15) is 5.75 Å². The van der Waals surface area contributed by atoms with E-state index in [-0.39, 0.29) is 10.8 Å². The van der Waals surface area contributed by atoms with Gasteiger partial charge in [0.15, 0.2) is 0 Å². The predicted octanol–water partition coefficient (Wildman–Crippen LogP) is 2.74. The van der Waals surface area contributed by atoms with Crippen molar-refractivity contribution in [3.8, 4) is 5.75 Å². The van der Waals surface area contributed by atoms with E-state index < -0.39 is 10.0 Å². The Morgan fingerprint density at radius 2 is 1.61 bits per heavy atom. The molecule has 28 heavy (non-hydrogen) atoms. The van der Waals surface area contributed by atoms with Gasteiger partial charge in [-0.1, -0.05) is 30.3 Å². The zero-order valence-electron chi connectivity index (χ0n) is 15.5. The highest BCUT2D eigenvalue weighted by atomic mass is 32.2. The minimum absolute atomic E-state index is 0.0645. The van der Waals surface area contributed by atoms with Crippen LogP contribution in [0.25, 0.3) is 10.8 Å². The molecule has 3 aromatic rings. The first-order chi connectivity index (χ1) is 13.3. The lowest BCUT2D eigenvalue weighted by molar-refractivity contribution is -0.121. The number of primary sulfonamides is 1. The van der Waals surface area contributed by atoms with E-state index in [4.69, 9.17) is 9.88 Å². The molecule has 0 radical (unpaired) electrons. The van der Waals surface area contributed by atoms with E-state index in [0.29, 0.717) is 19.4 Å². The standard InChI is InChI=1S/C21H22N2O4S/c1-27-19-8-7-17-12-16(2-6-18(17)13-19)14-23-21(24)11-5-15-3-9-20(10-4-15)28(22,25)26/h2-4,6-10,12-13H,5,11,14H2,1H3,(H,23,24)(H2,22,25,26). The normalized spacial score (nSPS) is 11.4. The molecule has 0 aliphatic rings. The molecular weight excluding hydrogens is 376 g/mol. The van der Waals surface area contributed by atoms with E-state index in [2.05, 4.69) is 5.32 Å². The van der Waals surface area contributed by atoms with Crippen LogP contribution in [0, 0.1) is 0 Å². The monoisotopic (exact) mass is 398 g/mol. The summed E-state index contributed by atoms with van der Waals surface area (Å²) in [5.41, 5.74) is 1.89. The maximum Gasteiger partial charge on any atom is 0.238 e. The van der Waals surface area contributed by atoms with E-state index in [1.807, 2.05) is 36.4 Å². The van der Waals surface area contributed by atoms with Crippen molar-refractivity contribution in [2.45, 2.75) is 24.3 Å². The maximum atomic E-state index is 12.1. The third-order valence-corrected chi connectivity index (χ3v) is 5.42. The molecule has 6 nitrogen and oxygen atoms in total. The van der Waals surface area contributed by atoms with Gasteiger partial charge in [-0.25, -0.2) is 13.6 Å². The molecule has 0 aliphatic heterocycles. The smallest absolute Gasteiger partial charge is 0.238 e. The molecule has 0 atom stereocenters. The van der Waals surface area contributed by atoms with Crippen molar-refractivity contribution in [3.63, 3.8) is 0 Å². The summed E-state index contributed by atoms with van der Waals surface area (Å²) in [7, 11) is -2.06. The van der Waals surface area contributed by atoms with Gasteiger partial charge in [-0.3, -0.25) is 4.79 Å². The first-order valence-electron chi connectivity index (χ1n) is 8.80. The Bertz CT molecular complexity index is 1090. The lowest BCUT2D eigenvalue weighted by Gasteiger charge is -2.08. The molecule has 0 bridgehead atoms. The van der Waals surface area contributed by atoms with Crippen molar-refractivity contribution >= 4 is 26.7 Å². The van der Waals surface area contributed by atoms with Crippen LogP contribution in [0.4, 0.5) is 0 Å². The summed E-state index contributed by atoms with van der Waals surface area (Å²) in [6.07, 6.45) is 0.841. The van der Waals surface area contributed by atoms with Crippen molar-refractivity contribution in [3.05, 3.63) is 71.8 Å². The average molecular weight is 398 g/mol. The van der Waals surface area contributed by atoms with E-state index in [1.54, 1.807) is 19.2 Å². The summed E-state index contributed by atoms with van der Waals surface area (Å²) >= 11 is 0. The zero-order valence-corrected chi connectivity index (χ0v) is 16.3. The number of nitrogens with one attached hydrogen (secondary N) is 1. The molecule has 3 N–H and O–H groups in total. The third kappa shape index (κ3) is 5.09. The van der Waals surface area contributed by atoms with Gasteiger partial charge in [0.2, 0.25) is 15.9 Å². The minimum atomic E-state index is -3.70. The molecular formula is C21H22N2O4S. The average Bonchev–Trinajstić information content (AvgIpc) is 2.69. The summed E-state index contributed by atoms with van der Waals surface area (Å²) in [5.74, 6) is 0.746. The maximum absolute atomic E-state index is 12.1. The number of fused-ring (bicyclic) bond motifs is 1. The van der Waals surface area contributed by atoms with Gasteiger partial charge < -0.3 is 10.1 Å². The number of sulfonamides is 1. The van der Waals surface area contributed by atoms with Crippen LogP contribution in [-0.2, 0) is 27.8 Å². The second kappa shape index (κ2) is 8.41. The Kier molecular flexibility index (Phi) is 5.96. The second-order valence-corrected chi connectivity index (χ2v) is 8.07. The van der Waals surface area contributed by atoms with Gasteiger partial charge >= 0.3 is 0 Å². The number of benzene rings is 3. The van der Waals surface area contributed by atoms with Crippen LogP contribution in [-0.4, -0.2) is 21.4 Å².